The molecule has 0 aliphatic carbocycles. The Hall–Kier alpha value is -2.62. The number of hydrogen-bond acceptors (Lipinski definition) is 7. The fourth-order valence-corrected chi connectivity index (χ4v) is 3.63. The molecule has 0 unspecified atom stereocenters. The molecule has 0 atom stereocenters. The van der Waals surface area contributed by atoms with Crippen molar-refractivity contribution in [2.75, 3.05) is 66.1 Å². The zero-order chi connectivity index (χ0) is 27.1. The van der Waals surface area contributed by atoms with Crippen molar-refractivity contribution in [1.29, 1.82) is 0 Å². The van der Waals surface area contributed by atoms with E-state index in [1.807, 2.05) is 60.7 Å². The average molecular weight is 539 g/mol. The second-order valence-electron chi connectivity index (χ2n) is 8.79. The van der Waals surface area contributed by atoms with Gasteiger partial charge >= 0.3 is 0 Å². The van der Waals surface area contributed by atoms with Crippen LogP contribution in [0.2, 0.25) is 0 Å². The Balaban J connectivity index is 1.09. The highest BCUT2D eigenvalue weighted by atomic mass is 16.6. The molecule has 0 aliphatic heterocycles. The van der Waals surface area contributed by atoms with Crippen molar-refractivity contribution in [1.82, 2.24) is 0 Å². The molecule has 7 heteroatoms. The van der Waals surface area contributed by atoms with Gasteiger partial charge in [0.15, 0.2) is 0 Å². The Morgan fingerprint density at radius 1 is 0.282 bits per heavy atom. The Kier molecular flexibility index (Phi) is 16.8. The molecule has 0 saturated carbocycles. The number of ether oxygens (including phenoxy) is 7. The first kappa shape index (κ1) is 30.9. The van der Waals surface area contributed by atoms with Gasteiger partial charge in [0.05, 0.1) is 92.5 Å². The SMILES string of the molecule is c1ccc(COCCOCCOCCOCCOCc2ccccc2COCCOCc2ccccc2)cc1. The zero-order valence-electron chi connectivity index (χ0n) is 22.8. The van der Waals surface area contributed by atoms with E-state index in [1.165, 1.54) is 5.56 Å². The van der Waals surface area contributed by atoms with Crippen LogP contribution in [0.5, 0.6) is 0 Å². The van der Waals surface area contributed by atoms with Crippen molar-refractivity contribution < 1.29 is 33.2 Å². The summed E-state index contributed by atoms with van der Waals surface area (Å²) in [4.78, 5) is 0. The van der Waals surface area contributed by atoms with E-state index < -0.39 is 0 Å². The summed E-state index contributed by atoms with van der Waals surface area (Å²) in [5, 5.41) is 0. The van der Waals surface area contributed by atoms with Crippen LogP contribution in [0.3, 0.4) is 0 Å². The summed E-state index contributed by atoms with van der Waals surface area (Å²) in [7, 11) is 0. The van der Waals surface area contributed by atoms with E-state index in [0.29, 0.717) is 92.5 Å². The van der Waals surface area contributed by atoms with E-state index in [1.54, 1.807) is 0 Å². The summed E-state index contributed by atoms with van der Waals surface area (Å²) in [5.41, 5.74) is 4.58. The molecule has 0 amide bonds. The van der Waals surface area contributed by atoms with Crippen molar-refractivity contribution in [2.24, 2.45) is 0 Å². The van der Waals surface area contributed by atoms with Crippen molar-refractivity contribution in [3.05, 3.63) is 107 Å². The maximum atomic E-state index is 5.80. The van der Waals surface area contributed by atoms with Crippen molar-refractivity contribution in [2.45, 2.75) is 26.4 Å². The molecule has 3 aromatic carbocycles. The maximum Gasteiger partial charge on any atom is 0.0721 e. The summed E-state index contributed by atoms with van der Waals surface area (Å²) in [6, 6.07) is 28.4. The molecule has 0 saturated heterocycles. The molecule has 0 aromatic heterocycles. The Morgan fingerprint density at radius 3 is 0.923 bits per heavy atom. The second kappa shape index (κ2) is 21.2. The minimum Gasteiger partial charge on any atom is -0.377 e. The minimum atomic E-state index is 0.522. The predicted octanol–water partition coefficient (Wildman–Crippen LogP) is 5.20. The maximum absolute atomic E-state index is 5.80. The van der Waals surface area contributed by atoms with Gasteiger partial charge in [-0.15, -0.1) is 0 Å². The van der Waals surface area contributed by atoms with Crippen LogP contribution in [-0.2, 0) is 59.6 Å². The highest BCUT2D eigenvalue weighted by Crippen LogP contribution is 2.12. The first-order chi connectivity index (χ1) is 19.4. The van der Waals surface area contributed by atoms with Gasteiger partial charge in [0, 0.05) is 0 Å². The van der Waals surface area contributed by atoms with Gasteiger partial charge in [0.2, 0.25) is 0 Å². The van der Waals surface area contributed by atoms with Crippen LogP contribution in [0.15, 0.2) is 84.9 Å². The van der Waals surface area contributed by atoms with E-state index in [-0.39, 0.29) is 0 Å². The topological polar surface area (TPSA) is 64.6 Å². The van der Waals surface area contributed by atoms with Crippen molar-refractivity contribution >= 4 is 0 Å². The smallest absolute Gasteiger partial charge is 0.0721 e. The fraction of sp³-hybridized carbons (Fsp3) is 0.438. The molecule has 7 nitrogen and oxygen atoms in total. The molecule has 212 valence electrons. The van der Waals surface area contributed by atoms with E-state index in [4.69, 9.17) is 33.2 Å². The zero-order valence-corrected chi connectivity index (χ0v) is 22.8. The van der Waals surface area contributed by atoms with Crippen LogP contribution in [0.1, 0.15) is 22.3 Å². The Morgan fingerprint density at radius 2 is 0.564 bits per heavy atom. The van der Waals surface area contributed by atoms with E-state index in [9.17, 15) is 0 Å². The molecule has 0 fully saturated rings. The summed E-state index contributed by atoms with van der Waals surface area (Å²) in [6.07, 6.45) is 0. The highest BCUT2D eigenvalue weighted by Gasteiger charge is 2.03. The minimum absolute atomic E-state index is 0.522. The van der Waals surface area contributed by atoms with Gasteiger partial charge in [-0.25, -0.2) is 0 Å². The van der Waals surface area contributed by atoms with Gasteiger partial charge in [-0.05, 0) is 22.3 Å². The van der Waals surface area contributed by atoms with Crippen LogP contribution < -0.4 is 0 Å². The molecule has 3 aromatic rings. The van der Waals surface area contributed by atoms with Crippen LogP contribution in [0, 0.1) is 0 Å². The van der Waals surface area contributed by atoms with Crippen molar-refractivity contribution in [3.63, 3.8) is 0 Å². The number of hydrogen-bond donors (Lipinski definition) is 0. The summed E-state index contributed by atoms with van der Waals surface area (Å²) < 4.78 is 39.5. The summed E-state index contributed by atoms with van der Waals surface area (Å²) in [5.74, 6) is 0. The van der Waals surface area contributed by atoms with E-state index in [2.05, 4.69) is 24.3 Å². The molecular formula is C32H42O7. The first-order valence-corrected chi connectivity index (χ1v) is 13.6. The van der Waals surface area contributed by atoms with Gasteiger partial charge in [-0.2, -0.15) is 0 Å². The normalized spacial score (nSPS) is 11.2. The summed E-state index contributed by atoms with van der Waals surface area (Å²) >= 11 is 0. The lowest BCUT2D eigenvalue weighted by Crippen LogP contribution is -2.13. The molecule has 0 bridgehead atoms. The van der Waals surface area contributed by atoms with Crippen LogP contribution in [0.4, 0.5) is 0 Å². The lowest BCUT2D eigenvalue weighted by molar-refractivity contribution is -0.0139. The largest absolute Gasteiger partial charge is 0.377 e. The average Bonchev–Trinajstić information content (AvgIpc) is 2.98. The fourth-order valence-electron chi connectivity index (χ4n) is 3.63. The second-order valence-corrected chi connectivity index (χ2v) is 8.79. The number of benzene rings is 3. The molecule has 39 heavy (non-hydrogen) atoms. The third kappa shape index (κ3) is 14.9. The summed E-state index contributed by atoms with van der Waals surface area (Å²) in [6.45, 7) is 7.69. The first-order valence-electron chi connectivity index (χ1n) is 13.6. The highest BCUT2D eigenvalue weighted by molar-refractivity contribution is 5.25. The Bertz CT molecular complexity index is 969. The molecule has 0 spiro atoms. The Labute approximate surface area is 232 Å². The molecule has 0 N–H and O–H groups in total. The van der Waals surface area contributed by atoms with Gasteiger partial charge in [0.25, 0.3) is 0 Å². The molecule has 0 heterocycles. The van der Waals surface area contributed by atoms with Crippen LogP contribution in [0.25, 0.3) is 0 Å². The third-order valence-corrected chi connectivity index (χ3v) is 5.72. The molecular weight excluding hydrogens is 496 g/mol. The van der Waals surface area contributed by atoms with Crippen molar-refractivity contribution in [3.8, 4) is 0 Å². The van der Waals surface area contributed by atoms with Gasteiger partial charge in [0.1, 0.15) is 0 Å². The van der Waals surface area contributed by atoms with Crippen LogP contribution >= 0.6 is 0 Å². The van der Waals surface area contributed by atoms with Gasteiger partial charge in [-0.3, -0.25) is 0 Å². The quantitative estimate of drug-likeness (QED) is 0.154. The van der Waals surface area contributed by atoms with Gasteiger partial charge < -0.3 is 33.2 Å². The molecule has 0 radical (unpaired) electrons. The monoisotopic (exact) mass is 538 g/mol. The predicted molar refractivity (Wildman–Crippen MR) is 150 cm³/mol. The number of rotatable bonds is 23. The van der Waals surface area contributed by atoms with Gasteiger partial charge in [-0.1, -0.05) is 84.9 Å². The van der Waals surface area contributed by atoms with E-state index >= 15 is 0 Å². The molecule has 3 rings (SSSR count). The third-order valence-electron chi connectivity index (χ3n) is 5.72. The van der Waals surface area contributed by atoms with E-state index in [0.717, 1.165) is 16.7 Å². The molecule has 0 aliphatic rings. The van der Waals surface area contributed by atoms with Crippen LogP contribution in [-0.4, -0.2) is 66.1 Å². The standard InChI is InChI=1S/C32H42O7/c1-3-9-29(10-4-1)25-36-21-19-34-17-15-33-16-18-35-20-22-38-27-31-13-7-8-14-32(31)28-39-24-23-37-26-30-11-5-2-6-12-30/h1-14H,15-28H2. The lowest BCUT2D eigenvalue weighted by Gasteiger charge is -2.11. The lowest BCUT2D eigenvalue weighted by atomic mass is 10.1.